The van der Waals surface area contributed by atoms with Crippen molar-refractivity contribution in [1.29, 1.82) is 0 Å². The summed E-state index contributed by atoms with van der Waals surface area (Å²) in [7, 11) is 1.58. The molecule has 1 heterocycles. The number of halogens is 2. The van der Waals surface area contributed by atoms with Crippen LogP contribution in [0.25, 0.3) is 0 Å². The Labute approximate surface area is 177 Å². The van der Waals surface area contributed by atoms with Crippen LogP contribution in [0.15, 0.2) is 53.1 Å². The van der Waals surface area contributed by atoms with Gasteiger partial charge in [-0.15, -0.1) is 0 Å². The lowest BCUT2D eigenvalue weighted by Gasteiger charge is -2.17. The second kappa shape index (κ2) is 9.84. The van der Waals surface area contributed by atoms with Gasteiger partial charge in [-0.2, -0.15) is 4.98 Å². The van der Waals surface area contributed by atoms with Gasteiger partial charge >= 0.3 is 17.8 Å². The fourth-order valence-corrected chi connectivity index (χ4v) is 2.64. The molecule has 2 N–H and O–H groups in total. The van der Waals surface area contributed by atoms with Gasteiger partial charge in [0.2, 0.25) is 0 Å². The maximum absolute atomic E-state index is 13.2. The Balaban J connectivity index is 1.47. The van der Waals surface area contributed by atoms with Gasteiger partial charge in [0, 0.05) is 32.2 Å². The number of hydrogen-bond acceptors (Lipinski definition) is 5. The van der Waals surface area contributed by atoms with Gasteiger partial charge in [0.05, 0.1) is 5.02 Å². The van der Waals surface area contributed by atoms with Crippen LogP contribution in [0, 0.1) is 5.82 Å². The third kappa shape index (κ3) is 5.77. The zero-order valence-corrected chi connectivity index (χ0v) is 16.8. The molecule has 0 radical (unpaired) electrons. The first kappa shape index (κ1) is 21.3. The highest BCUT2D eigenvalue weighted by Crippen LogP contribution is 2.19. The number of carbonyl (C=O) groups excluding carboxylic acids is 2. The number of amides is 3. The van der Waals surface area contributed by atoms with Gasteiger partial charge in [-0.1, -0.05) is 47.1 Å². The highest BCUT2D eigenvalue weighted by molar-refractivity contribution is 6.31. The minimum atomic E-state index is -0.566. The molecule has 3 amide bonds. The van der Waals surface area contributed by atoms with E-state index in [1.165, 1.54) is 23.1 Å². The van der Waals surface area contributed by atoms with Crippen LogP contribution in [-0.2, 0) is 13.0 Å². The summed E-state index contributed by atoms with van der Waals surface area (Å²) in [6, 6.07) is 12.9. The second-order valence-electron chi connectivity index (χ2n) is 6.41. The number of urea groups is 1. The van der Waals surface area contributed by atoms with Crippen LogP contribution in [0.1, 0.15) is 22.1 Å². The average Bonchev–Trinajstić information content (AvgIpc) is 3.23. The van der Waals surface area contributed by atoms with E-state index >= 15 is 0 Å². The molecule has 3 rings (SSSR count). The number of carbonyl (C=O) groups is 2. The fraction of sp³-hybridized carbons (Fsp3) is 0.200. The van der Waals surface area contributed by atoms with Gasteiger partial charge in [-0.3, -0.25) is 4.79 Å². The highest BCUT2D eigenvalue weighted by Gasteiger charge is 2.16. The molecule has 0 aliphatic rings. The van der Waals surface area contributed by atoms with Gasteiger partial charge < -0.3 is 20.1 Å². The Hall–Kier alpha value is -3.46. The molecule has 156 valence electrons. The van der Waals surface area contributed by atoms with Crippen molar-refractivity contribution in [3.05, 3.63) is 76.6 Å². The first-order chi connectivity index (χ1) is 14.4. The Bertz CT molecular complexity index is 1030. The van der Waals surface area contributed by atoms with E-state index in [0.29, 0.717) is 18.1 Å². The van der Waals surface area contributed by atoms with Crippen LogP contribution in [-0.4, -0.2) is 40.6 Å². The maximum atomic E-state index is 13.2. The molecule has 8 nitrogen and oxygen atoms in total. The van der Waals surface area contributed by atoms with Gasteiger partial charge in [-0.25, -0.2) is 9.18 Å². The van der Waals surface area contributed by atoms with Crippen LogP contribution in [0.2, 0.25) is 5.02 Å². The summed E-state index contributed by atoms with van der Waals surface area (Å²) < 4.78 is 18.2. The molecule has 10 heteroatoms. The highest BCUT2D eigenvalue weighted by atomic mass is 35.5. The maximum Gasteiger partial charge on any atom is 0.321 e. The van der Waals surface area contributed by atoms with Crippen molar-refractivity contribution in [1.82, 2.24) is 20.4 Å². The molecule has 0 spiro atoms. The van der Waals surface area contributed by atoms with Crippen molar-refractivity contribution in [3.63, 3.8) is 0 Å². The Morgan fingerprint density at radius 2 is 1.97 bits per heavy atom. The molecule has 30 heavy (non-hydrogen) atoms. The first-order valence-corrected chi connectivity index (χ1v) is 9.42. The summed E-state index contributed by atoms with van der Waals surface area (Å²) in [5, 5.41) is 8.99. The minimum Gasteiger partial charge on any atom is -0.344 e. The number of hydrogen-bond donors (Lipinski definition) is 2. The monoisotopic (exact) mass is 431 g/mol. The standard InChI is InChI=1S/C20H19ClFN5O3/c1-27(20(29)24-14-7-8-16(22)15(21)11-14)10-9-17-25-19(30-26-17)18(28)23-12-13-5-3-2-4-6-13/h2-8,11H,9-10,12H2,1H3,(H,23,28)(H,24,29). The quantitative estimate of drug-likeness (QED) is 0.596. The summed E-state index contributed by atoms with van der Waals surface area (Å²) in [6.45, 7) is 0.610. The van der Waals surface area contributed by atoms with E-state index in [-0.39, 0.29) is 23.9 Å². The predicted octanol–water partition coefficient (Wildman–Crippen LogP) is 3.50. The molecule has 0 saturated heterocycles. The Morgan fingerprint density at radius 1 is 1.20 bits per heavy atom. The zero-order chi connectivity index (χ0) is 21.5. The van der Waals surface area contributed by atoms with E-state index in [0.717, 1.165) is 5.56 Å². The number of anilines is 1. The number of nitrogens with zero attached hydrogens (tertiary/aromatic N) is 3. The van der Waals surface area contributed by atoms with Crippen LogP contribution in [0.3, 0.4) is 0 Å². The van der Waals surface area contributed by atoms with E-state index in [1.807, 2.05) is 30.3 Å². The topological polar surface area (TPSA) is 100 Å². The SMILES string of the molecule is CN(CCc1noc(C(=O)NCc2ccccc2)n1)C(=O)Nc1ccc(F)c(Cl)c1. The summed E-state index contributed by atoms with van der Waals surface area (Å²) in [4.78, 5) is 29.8. The number of aromatic nitrogens is 2. The predicted molar refractivity (Wildman–Crippen MR) is 109 cm³/mol. The molecule has 3 aromatic rings. The van der Waals surface area contributed by atoms with Crippen molar-refractivity contribution in [3.8, 4) is 0 Å². The lowest BCUT2D eigenvalue weighted by Crippen LogP contribution is -2.33. The number of likely N-dealkylation sites (N-methyl/N-ethyl adjacent to an activating group) is 1. The van der Waals surface area contributed by atoms with E-state index in [4.69, 9.17) is 16.1 Å². The second-order valence-corrected chi connectivity index (χ2v) is 6.82. The number of nitrogens with one attached hydrogen (secondary N) is 2. The molecular weight excluding hydrogens is 413 g/mol. The van der Waals surface area contributed by atoms with Gasteiger partial charge in [0.1, 0.15) is 5.82 Å². The smallest absolute Gasteiger partial charge is 0.321 e. The van der Waals surface area contributed by atoms with Crippen LogP contribution in [0.5, 0.6) is 0 Å². The van der Waals surface area contributed by atoms with E-state index in [9.17, 15) is 14.0 Å². The van der Waals surface area contributed by atoms with Crippen LogP contribution < -0.4 is 10.6 Å². The van der Waals surface area contributed by atoms with E-state index in [2.05, 4.69) is 20.8 Å². The molecule has 0 aliphatic heterocycles. The molecule has 0 atom stereocenters. The van der Waals surface area contributed by atoms with Crippen molar-refractivity contribution < 1.29 is 18.5 Å². The molecular formula is C20H19ClFN5O3. The zero-order valence-electron chi connectivity index (χ0n) is 16.1. The van der Waals surface area contributed by atoms with Crippen molar-refractivity contribution >= 4 is 29.2 Å². The molecule has 2 aromatic carbocycles. The van der Waals surface area contributed by atoms with Crippen LogP contribution in [0.4, 0.5) is 14.9 Å². The third-order valence-electron chi connectivity index (χ3n) is 4.15. The van der Waals surface area contributed by atoms with E-state index in [1.54, 1.807) is 7.05 Å². The fourth-order valence-electron chi connectivity index (χ4n) is 2.46. The number of rotatable bonds is 7. The largest absolute Gasteiger partial charge is 0.344 e. The lowest BCUT2D eigenvalue weighted by atomic mass is 10.2. The Morgan fingerprint density at radius 3 is 2.70 bits per heavy atom. The molecule has 0 saturated carbocycles. The van der Waals surface area contributed by atoms with Crippen molar-refractivity contribution in [2.45, 2.75) is 13.0 Å². The van der Waals surface area contributed by atoms with Crippen molar-refractivity contribution in [2.75, 3.05) is 18.9 Å². The average molecular weight is 432 g/mol. The van der Waals surface area contributed by atoms with Gasteiger partial charge in [0.25, 0.3) is 0 Å². The summed E-state index contributed by atoms with van der Waals surface area (Å²) in [5.74, 6) is -0.890. The molecule has 0 fully saturated rings. The van der Waals surface area contributed by atoms with Crippen molar-refractivity contribution in [2.24, 2.45) is 0 Å². The van der Waals surface area contributed by atoms with Gasteiger partial charge in [-0.05, 0) is 23.8 Å². The minimum absolute atomic E-state index is 0.0830. The lowest BCUT2D eigenvalue weighted by molar-refractivity contribution is 0.0907. The Kier molecular flexibility index (Phi) is 6.97. The summed E-state index contributed by atoms with van der Waals surface area (Å²) in [5.41, 5.74) is 1.32. The van der Waals surface area contributed by atoms with E-state index < -0.39 is 17.8 Å². The first-order valence-electron chi connectivity index (χ1n) is 9.04. The van der Waals surface area contributed by atoms with Gasteiger partial charge in [0.15, 0.2) is 5.82 Å². The summed E-state index contributed by atoms with van der Waals surface area (Å²) >= 11 is 5.70. The normalized spacial score (nSPS) is 10.5. The molecule has 0 unspecified atom stereocenters. The summed E-state index contributed by atoms with van der Waals surface area (Å²) in [6.07, 6.45) is 0.281. The third-order valence-corrected chi connectivity index (χ3v) is 4.44. The molecule has 1 aromatic heterocycles. The number of benzene rings is 2. The molecule has 0 aliphatic carbocycles. The molecule has 0 bridgehead atoms. The van der Waals surface area contributed by atoms with Crippen LogP contribution >= 0.6 is 11.6 Å².